The number of halogens is 2. The molecule has 1 unspecified atom stereocenters. The number of carbonyl (C=O) groups is 1. The van der Waals surface area contributed by atoms with Gasteiger partial charge < -0.3 is 5.32 Å². The van der Waals surface area contributed by atoms with Gasteiger partial charge in [0.2, 0.25) is 5.91 Å². The van der Waals surface area contributed by atoms with Gasteiger partial charge in [-0.15, -0.1) is 5.10 Å². The number of benzene rings is 2. The van der Waals surface area contributed by atoms with E-state index < -0.39 is 17.3 Å². The Hall–Kier alpha value is -3.29. The van der Waals surface area contributed by atoms with Crippen molar-refractivity contribution in [3.05, 3.63) is 75.7 Å². The molecule has 0 saturated heterocycles. The van der Waals surface area contributed by atoms with Gasteiger partial charge in [-0.1, -0.05) is 29.8 Å². The van der Waals surface area contributed by atoms with Crippen LogP contribution in [0.15, 0.2) is 47.3 Å². The smallest absolute Gasteiger partial charge is 0.346 e. The Bertz CT molecular complexity index is 1160. The van der Waals surface area contributed by atoms with Crippen LogP contribution in [0.3, 0.4) is 0 Å². The molecule has 1 aliphatic carbocycles. The van der Waals surface area contributed by atoms with Crippen LogP contribution < -0.4 is 11.0 Å². The zero-order chi connectivity index (χ0) is 21.4. The number of aromatic nitrogens is 3. The molecule has 1 amide bonds. The van der Waals surface area contributed by atoms with Gasteiger partial charge in [0.15, 0.2) is 5.82 Å². The third-order valence-electron chi connectivity index (χ3n) is 5.17. The maximum Gasteiger partial charge on any atom is 0.346 e. The van der Waals surface area contributed by atoms with Gasteiger partial charge in [0.05, 0.1) is 11.6 Å². The SMILES string of the molecule is Cc1cccc(C(C)NC(=O)Cn2nc(-c3ccc(F)cc3F)n(C3CC3)c2=O)c1. The predicted molar refractivity (Wildman–Crippen MR) is 108 cm³/mol. The molecule has 1 aromatic heterocycles. The zero-order valence-corrected chi connectivity index (χ0v) is 16.7. The van der Waals surface area contributed by atoms with Gasteiger partial charge in [0.1, 0.15) is 18.2 Å². The molecular weight excluding hydrogens is 390 g/mol. The van der Waals surface area contributed by atoms with Crippen molar-refractivity contribution in [3.63, 3.8) is 0 Å². The van der Waals surface area contributed by atoms with E-state index in [2.05, 4.69) is 10.4 Å². The van der Waals surface area contributed by atoms with Crippen molar-refractivity contribution in [3.8, 4) is 11.4 Å². The second-order valence-electron chi connectivity index (χ2n) is 7.69. The van der Waals surface area contributed by atoms with E-state index in [9.17, 15) is 18.4 Å². The Morgan fingerprint density at radius 1 is 1.23 bits per heavy atom. The van der Waals surface area contributed by atoms with Crippen LogP contribution in [0.1, 0.15) is 43.0 Å². The summed E-state index contributed by atoms with van der Waals surface area (Å²) in [4.78, 5) is 25.4. The summed E-state index contributed by atoms with van der Waals surface area (Å²) in [6, 6.07) is 10.6. The van der Waals surface area contributed by atoms with Crippen LogP contribution in [0.25, 0.3) is 11.4 Å². The van der Waals surface area contributed by atoms with Gasteiger partial charge in [0.25, 0.3) is 0 Å². The van der Waals surface area contributed by atoms with E-state index in [0.717, 1.165) is 40.8 Å². The number of nitrogens with one attached hydrogen (secondary N) is 1. The van der Waals surface area contributed by atoms with E-state index in [1.807, 2.05) is 38.1 Å². The molecule has 1 heterocycles. The molecule has 0 radical (unpaired) electrons. The molecule has 156 valence electrons. The molecule has 1 aliphatic rings. The Balaban J connectivity index is 1.59. The molecular formula is C22H22F2N4O2. The van der Waals surface area contributed by atoms with Gasteiger partial charge in [-0.05, 0) is 44.4 Å². The highest BCUT2D eigenvalue weighted by Crippen LogP contribution is 2.37. The van der Waals surface area contributed by atoms with Crippen molar-refractivity contribution in [2.24, 2.45) is 0 Å². The summed E-state index contributed by atoms with van der Waals surface area (Å²) in [6.45, 7) is 3.54. The average molecular weight is 412 g/mol. The zero-order valence-electron chi connectivity index (χ0n) is 16.7. The fraction of sp³-hybridized carbons (Fsp3) is 0.318. The summed E-state index contributed by atoms with van der Waals surface area (Å²) in [6.07, 6.45) is 1.55. The lowest BCUT2D eigenvalue weighted by Gasteiger charge is -2.14. The van der Waals surface area contributed by atoms with Crippen LogP contribution in [0, 0.1) is 18.6 Å². The molecule has 30 heavy (non-hydrogen) atoms. The number of carbonyl (C=O) groups excluding carboxylic acids is 1. The van der Waals surface area contributed by atoms with Gasteiger partial charge in [-0.3, -0.25) is 9.36 Å². The quantitative estimate of drug-likeness (QED) is 0.674. The number of hydrogen-bond acceptors (Lipinski definition) is 3. The summed E-state index contributed by atoms with van der Waals surface area (Å²) in [5, 5.41) is 7.07. The molecule has 0 spiro atoms. The van der Waals surface area contributed by atoms with E-state index in [1.165, 1.54) is 10.6 Å². The third kappa shape index (κ3) is 4.03. The van der Waals surface area contributed by atoms with Crippen molar-refractivity contribution in [2.45, 2.75) is 45.3 Å². The summed E-state index contributed by atoms with van der Waals surface area (Å²) < 4.78 is 30.0. The highest BCUT2D eigenvalue weighted by Gasteiger charge is 2.31. The Kier molecular flexibility index (Phi) is 5.24. The Morgan fingerprint density at radius 2 is 2.00 bits per heavy atom. The first kappa shape index (κ1) is 20.0. The minimum Gasteiger partial charge on any atom is -0.348 e. The number of amides is 1. The van der Waals surface area contributed by atoms with Crippen molar-refractivity contribution >= 4 is 5.91 Å². The number of rotatable bonds is 6. The van der Waals surface area contributed by atoms with Crippen molar-refractivity contribution in [1.29, 1.82) is 0 Å². The van der Waals surface area contributed by atoms with E-state index in [0.29, 0.717) is 0 Å². The lowest BCUT2D eigenvalue weighted by atomic mass is 10.1. The van der Waals surface area contributed by atoms with Gasteiger partial charge in [0, 0.05) is 12.1 Å². The fourth-order valence-corrected chi connectivity index (χ4v) is 3.49. The Labute approximate surface area is 172 Å². The van der Waals surface area contributed by atoms with Crippen LogP contribution in [0.4, 0.5) is 8.78 Å². The van der Waals surface area contributed by atoms with Gasteiger partial charge in [-0.25, -0.2) is 18.3 Å². The lowest BCUT2D eigenvalue weighted by Crippen LogP contribution is -2.34. The first-order chi connectivity index (χ1) is 14.3. The predicted octanol–water partition coefficient (Wildman–Crippen LogP) is 3.51. The molecule has 3 aromatic rings. The third-order valence-corrected chi connectivity index (χ3v) is 5.17. The molecule has 1 atom stereocenters. The van der Waals surface area contributed by atoms with E-state index in [1.54, 1.807) is 0 Å². The lowest BCUT2D eigenvalue weighted by molar-refractivity contribution is -0.122. The van der Waals surface area contributed by atoms with E-state index >= 15 is 0 Å². The normalized spacial score (nSPS) is 14.5. The second-order valence-corrected chi connectivity index (χ2v) is 7.69. The molecule has 1 saturated carbocycles. The van der Waals surface area contributed by atoms with E-state index in [4.69, 9.17) is 0 Å². The average Bonchev–Trinajstić information content (AvgIpc) is 3.47. The molecule has 0 aliphatic heterocycles. The minimum atomic E-state index is -0.799. The topological polar surface area (TPSA) is 68.9 Å². The van der Waals surface area contributed by atoms with Crippen molar-refractivity contribution < 1.29 is 13.6 Å². The minimum absolute atomic E-state index is 0.0349. The molecule has 2 aromatic carbocycles. The second kappa shape index (κ2) is 7.85. The molecule has 1 fully saturated rings. The summed E-state index contributed by atoms with van der Waals surface area (Å²) in [5.74, 6) is -1.77. The largest absolute Gasteiger partial charge is 0.348 e. The first-order valence-electron chi connectivity index (χ1n) is 9.84. The first-order valence-corrected chi connectivity index (χ1v) is 9.84. The maximum absolute atomic E-state index is 14.3. The van der Waals surface area contributed by atoms with Gasteiger partial charge in [-0.2, -0.15) is 0 Å². The van der Waals surface area contributed by atoms with Crippen molar-refractivity contribution in [2.75, 3.05) is 0 Å². The molecule has 1 N–H and O–H groups in total. The van der Waals surface area contributed by atoms with Crippen LogP contribution in [-0.4, -0.2) is 20.3 Å². The summed E-state index contributed by atoms with van der Waals surface area (Å²) >= 11 is 0. The van der Waals surface area contributed by atoms with Crippen LogP contribution >= 0.6 is 0 Å². The number of aryl methyl sites for hydroxylation is 1. The monoisotopic (exact) mass is 412 g/mol. The highest BCUT2D eigenvalue weighted by atomic mass is 19.1. The molecule has 4 rings (SSSR count). The van der Waals surface area contributed by atoms with Crippen LogP contribution in [-0.2, 0) is 11.3 Å². The van der Waals surface area contributed by atoms with Crippen LogP contribution in [0.2, 0.25) is 0 Å². The fourth-order valence-electron chi connectivity index (χ4n) is 3.49. The number of hydrogen-bond donors (Lipinski definition) is 1. The van der Waals surface area contributed by atoms with Crippen molar-refractivity contribution in [1.82, 2.24) is 19.7 Å². The Morgan fingerprint density at radius 3 is 2.67 bits per heavy atom. The highest BCUT2D eigenvalue weighted by molar-refractivity contribution is 5.76. The molecule has 6 nitrogen and oxygen atoms in total. The summed E-state index contributed by atoms with van der Waals surface area (Å²) in [5.41, 5.74) is 1.59. The standard InChI is InChI=1S/C22H22F2N4O2/c1-13-4-3-5-15(10-13)14(2)25-20(29)12-27-22(30)28(17-7-8-17)21(26-27)18-9-6-16(23)11-19(18)24/h3-6,9-11,14,17H,7-8,12H2,1-2H3,(H,25,29). The molecule has 8 heteroatoms. The number of nitrogens with zero attached hydrogens (tertiary/aromatic N) is 3. The summed E-state index contributed by atoms with van der Waals surface area (Å²) in [7, 11) is 0. The maximum atomic E-state index is 14.3. The van der Waals surface area contributed by atoms with Crippen LogP contribution in [0.5, 0.6) is 0 Å². The van der Waals surface area contributed by atoms with E-state index in [-0.39, 0.29) is 35.9 Å². The molecule has 0 bridgehead atoms. The van der Waals surface area contributed by atoms with Gasteiger partial charge >= 0.3 is 5.69 Å².